The highest BCUT2D eigenvalue weighted by Crippen LogP contribution is 2.45. The van der Waals surface area contributed by atoms with Gasteiger partial charge in [0.25, 0.3) is 5.91 Å². The number of alkyl halides is 3. The first-order valence-corrected chi connectivity index (χ1v) is 13.9. The van der Waals surface area contributed by atoms with Gasteiger partial charge in [-0.15, -0.1) is 0 Å². The number of primary amides is 1. The van der Waals surface area contributed by atoms with Crippen molar-refractivity contribution in [2.45, 2.75) is 43.1 Å². The van der Waals surface area contributed by atoms with E-state index in [1.165, 1.54) is 44.4 Å². The standard InChI is InChI=1S/C31H26ClF4N3O6/c1-29(28(37)41)15-44-26-20(29)13-25(39-22(26)9-4-16-3-6-18(32)12-21(16)33)30(42,31(34,35)36)14-38-27(40)17-5-10-23(24(11-17)43-2)45-19-7-8-19/h3,5-6,10-13,19,42H,7-8,14-15H2,1-2H3,(H2,37,41)(H,38,40)/t29-,30-/m0/s1. The predicted octanol–water partition coefficient (Wildman–Crippen LogP) is 4.14. The zero-order chi connectivity index (χ0) is 32.7. The molecule has 2 amide bonds. The first-order chi connectivity index (χ1) is 21.2. The van der Waals surface area contributed by atoms with Crippen LogP contribution in [0.4, 0.5) is 17.6 Å². The first kappa shape index (κ1) is 31.9. The number of aliphatic hydroxyl groups is 1. The van der Waals surface area contributed by atoms with Gasteiger partial charge in [-0.3, -0.25) is 9.59 Å². The number of hydrogen-bond donors (Lipinski definition) is 3. The average Bonchev–Trinajstić information content (AvgIpc) is 3.74. The summed E-state index contributed by atoms with van der Waals surface area (Å²) in [6, 6.07) is 8.55. The second-order valence-corrected chi connectivity index (χ2v) is 11.3. The molecule has 4 N–H and O–H groups in total. The highest BCUT2D eigenvalue weighted by atomic mass is 35.5. The molecule has 0 saturated heterocycles. The number of carbonyl (C=O) groups excluding carboxylic acids is 2. The summed E-state index contributed by atoms with van der Waals surface area (Å²) in [6.45, 7) is -0.383. The lowest BCUT2D eigenvalue weighted by atomic mass is 9.82. The Morgan fingerprint density at radius 1 is 1.18 bits per heavy atom. The van der Waals surface area contributed by atoms with E-state index in [-0.39, 0.29) is 45.9 Å². The third kappa shape index (κ3) is 6.21. The summed E-state index contributed by atoms with van der Waals surface area (Å²) in [7, 11) is 1.35. The molecule has 0 spiro atoms. The first-order valence-electron chi connectivity index (χ1n) is 13.5. The van der Waals surface area contributed by atoms with Crippen molar-refractivity contribution < 1.29 is 46.5 Å². The average molecular weight is 648 g/mol. The number of aromatic nitrogens is 1. The summed E-state index contributed by atoms with van der Waals surface area (Å²) in [5.41, 5.74) is -1.59. The number of rotatable bonds is 8. The van der Waals surface area contributed by atoms with Crippen molar-refractivity contribution >= 4 is 23.4 Å². The van der Waals surface area contributed by atoms with Crippen molar-refractivity contribution in [1.82, 2.24) is 10.3 Å². The maximum atomic E-state index is 14.6. The van der Waals surface area contributed by atoms with Crippen molar-refractivity contribution in [3.63, 3.8) is 0 Å². The van der Waals surface area contributed by atoms with Crippen LogP contribution in [0, 0.1) is 17.7 Å². The summed E-state index contributed by atoms with van der Waals surface area (Å²) in [5, 5.41) is 13.4. The third-order valence-electron chi connectivity index (χ3n) is 7.50. The molecule has 5 rings (SSSR count). The molecule has 0 bridgehead atoms. The Morgan fingerprint density at radius 2 is 1.91 bits per heavy atom. The van der Waals surface area contributed by atoms with Crippen molar-refractivity contribution in [2.75, 3.05) is 20.3 Å². The van der Waals surface area contributed by atoms with E-state index in [4.69, 9.17) is 31.5 Å². The van der Waals surface area contributed by atoms with E-state index in [9.17, 15) is 32.3 Å². The van der Waals surface area contributed by atoms with Crippen molar-refractivity contribution in [1.29, 1.82) is 0 Å². The quantitative estimate of drug-likeness (QED) is 0.247. The summed E-state index contributed by atoms with van der Waals surface area (Å²) >= 11 is 5.78. The number of halogens is 5. The third-order valence-corrected chi connectivity index (χ3v) is 7.74. The molecule has 1 aromatic heterocycles. The summed E-state index contributed by atoms with van der Waals surface area (Å²) < 4.78 is 74.8. The Morgan fingerprint density at radius 3 is 2.53 bits per heavy atom. The number of pyridine rings is 1. The van der Waals surface area contributed by atoms with Crippen LogP contribution in [0.2, 0.25) is 5.02 Å². The van der Waals surface area contributed by atoms with Crippen LogP contribution in [-0.2, 0) is 15.8 Å². The van der Waals surface area contributed by atoms with Gasteiger partial charge in [0.2, 0.25) is 11.5 Å². The number of ether oxygens (including phenoxy) is 3. The maximum absolute atomic E-state index is 14.6. The summed E-state index contributed by atoms with van der Waals surface area (Å²) in [6.07, 6.45) is -3.62. The topological polar surface area (TPSA) is 133 Å². The van der Waals surface area contributed by atoms with E-state index < -0.39 is 52.8 Å². The molecule has 3 aromatic rings. The van der Waals surface area contributed by atoms with Crippen LogP contribution in [0.25, 0.3) is 0 Å². The molecule has 1 aliphatic carbocycles. The summed E-state index contributed by atoms with van der Waals surface area (Å²) in [4.78, 5) is 29.3. The van der Waals surface area contributed by atoms with Gasteiger partial charge in [0.15, 0.2) is 22.9 Å². The highest BCUT2D eigenvalue weighted by Gasteiger charge is 2.57. The molecule has 45 heavy (non-hydrogen) atoms. The minimum absolute atomic E-state index is 0.0294. The molecule has 9 nitrogen and oxygen atoms in total. The Labute approximate surface area is 259 Å². The number of amides is 2. The fraction of sp³-hybridized carbons (Fsp3) is 0.323. The van der Waals surface area contributed by atoms with Crippen LogP contribution >= 0.6 is 11.6 Å². The molecule has 2 aliphatic rings. The van der Waals surface area contributed by atoms with E-state index >= 15 is 0 Å². The number of methoxy groups -OCH3 is 1. The molecule has 1 fully saturated rings. The van der Waals surface area contributed by atoms with E-state index in [0.29, 0.717) is 5.75 Å². The largest absolute Gasteiger partial charge is 0.493 e. The number of nitrogens with two attached hydrogens (primary N) is 1. The van der Waals surface area contributed by atoms with Crippen LogP contribution in [0.5, 0.6) is 17.2 Å². The van der Waals surface area contributed by atoms with Crippen molar-refractivity contribution in [3.05, 3.63) is 81.4 Å². The highest BCUT2D eigenvalue weighted by molar-refractivity contribution is 6.30. The summed E-state index contributed by atoms with van der Waals surface area (Å²) in [5.74, 6) is 2.67. The minimum atomic E-state index is -5.39. The number of benzene rings is 2. The maximum Gasteiger partial charge on any atom is 0.424 e. The monoisotopic (exact) mass is 647 g/mol. The predicted molar refractivity (Wildman–Crippen MR) is 153 cm³/mol. The number of carbonyl (C=O) groups is 2. The molecule has 0 unspecified atom stereocenters. The van der Waals surface area contributed by atoms with E-state index in [2.05, 4.69) is 22.1 Å². The van der Waals surface area contributed by atoms with Gasteiger partial charge in [-0.1, -0.05) is 17.5 Å². The van der Waals surface area contributed by atoms with Gasteiger partial charge in [0.1, 0.15) is 17.8 Å². The van der Waals surface area contributed by atoms with Gasteiger partial charge >= 0.3 is 6.18 Å². The Kier molecular flexibility index (Phi) is 8.33. The second kappa shape index (κ2) is 11.8. The fourth-order valence-electron chi connectivity index (χ4n) is 4.52. The molecular formula is C31H26ClF4N3O6. The van der Waals surface area contributed by atoms with Gasteiger partial charge in [0.05, 0.1) is 31.0 Å². The van der Waals surface area contributed by atoms with Crippen LogP contribution in [0.1, 0.15) is 52.6 Å². The zero-order valence-electron chi connectivity index (χ0n) is 23.9. The van der Waals surface area contributed by atoms with Crippen LogP contribution < -0.4 is 25.3 Å². The van der Waals surface area contributed by atoms with Gasteiger partial charge < -0.3 is 30.4 Å². The number of fused-ring (bicyclic) bond motifs is 1. The van der Waals surface area contributed by atoms with E-state index in [1.54, 1.807) is 0 Å². The van der Waals surface area contributed by atoms with Crippen LogP contribution in [-0.4, -0.2) is 54.4 Å². The molecule has 2 heterocycles. The lowest BCUT2D eigenvalue weighted by Gasteiger charge is -2.31. The fourth-order valence-corrected chi connectivity index (χ4v) is 4.68. The van der Waals surface area contributed by atoms with Crippen LogP contribution in [0.3, 0.4) is 0 Å². The second-order valence-electron chi connectivity index (χ2n) is 10.8. The normalized spacial score (nSPS) is 18.5. The Hall–Kier alpha value is -4.54. The van der Waals surface area contributed by atoms with Crippen LogP contribution in [0.15, 0.2) is 42.5 Å². The Balaban J connectivity index is 1.53. The zero-order valence-corrected chi connectivity index (χ0v) is 24.6. The number of hydrogen-bond acceptors (Lipinski definition) is 7. The van der Waals surface area contributed by atoms with Gasteiger partial charge in [0, 0.05) is 16.1 Å². The van der Waals surface area contributed by atoms with Crippen molar-refractivity contribution in [3.8, 4) is 29.1 Å². The van der Waals surface area contributed by atoms with E-state index in [0.717, 1.165) is 25.0 Å². The smallest absolute Gasteiger partial charge is 0.424 e. The number of nitrogens with zero attached hydrogens (tertiary/aromatic N) is 1. The molecule has 1 saturated carbocycles. The SMILES string of the molecule is COc1cc(C(=O)NC[C@](O)(c2cc3c(c(C#Cc4ccc(Cl)cc4F)n2)OC[C@]3(C)C(N)=O)C(F)(F)F)ccc1OC1CC1. The molecule has 236 valence electrons. The van der Waals surface area contributed by atoms with Gasteiger partial charge in [-0.25, -0.2) is 9.37 Å². The molecule has 2 aromatic carbocycles. The van der Waals surface area contributed by atoms with Gasteiger partial charge in [-0.2, -0.15) is 13.2 Å². The van der Waals surface area contributed by atoms with Gasteiger partial charge in [-0.05, 0) is 68.2 Å². The minimum Gasteiger partial charge on any atom is -0.493 e. The lowest BCUT2D eigenvalue weighted by molar-refractivity contribution is -0.265. The Bertz CT molecular complexity index is 1750. The molecular weight excluding hydrogens is 622 g/mol. The molecule has 0 radical (unpaired) electrons. The molecule has 2 atom stereocenters. The molecule has 1 aliphatic heterocycles. The lowest BCUT2D eigenvalue weighted by Crippen LogP contribution is -2.52. The molecule has 14 heteroatoms. The van der Waals surface area contributed by atoms with Crippen molar-refractivity contribution in [2.24, 2.45) is 5.73 Å². The van der Waals surface area contributed by atoms with E-state index in [1.807, 2.05) is 0 Å². The number of nitrogens with one attached hydrogen (secondary N) is 1.